The van der Waals surface area contributed by atoms with E-state index in [1.165, 1.54) is 16.7 Å². The largest absolute Gasteiger partial charge is 0.485 e. The smallest absolute Gasteiger partial charge is 0.333 e. The van der Waals surface area contributed by atoms with Crippen LogP contribution in [-0.4, -0.2) is 77.7 Å². The number of rotatable bonds is 10. The molecule has 1 unspecified atom stereocenters. The molecule has 1 aromatic heterocycles. The van der Waals surface area contributed by atoms with Gasteiger partial charge < -0.3 is 14.7 Å². The third-order valence-corrected chi connectivity index (χ3v) is 8.81. The number of ether oxygens (including phenoxy) is 1. The fraction of sp³-hybridized carbons (Fsp3) is 0.630. The molecule has 1 aromatic carbocycles. The zero-order chi connectivity index (χ0) is 28.4. The van der Waals surface area contributed by atoms with Crippen LogP contribution in [0.15, 0.2) is 44.8 Å². The van der Waals surface area contributed by atoms with Crippen LogP contribution in [0.4, 0.5) is 5.82 Å². The Labute approximate surface area is 225 Å². The number of piperazine rings is 1. The maximum atomic E-state index is 13.1. The first kappa shape index (κ1) is 29.9. The Bertz CT molecular complexity index is 1320. The van der Waals surface area contributed by atoms with Crippen molar-refractivity contribution in [1.29, 1.82) is 0 Å². The van der Waals surface area contributed by atoms with Crippen molar-refractivity contribution in [3.8, 4) is 5.75 Å². The van der Waals surface area contributed by atoms with Crippen LogP contribution in [0.2, 0.25) is 0 Å². The van der Waals surface area contributed by atoms with Crippen LogP contribution in [0, 0.1) is 0 Å². The van der Waals surface area contributed by atoms with Gasteiger partial charge in [0, 0.05) is 50.9 Å². The van der Waals surface area contributed by atoms with Gasteiger partial charge in [0.1, 0.15) is 23.3 Å². The third-order valence-electron chi connectivity index (χ3n) is 7.06. The second kappa shape index (κ2) is 11.6. The van der Waals surface area contributed by atoms with E-state index in [2.05, 4.69) is 9.80 Å². The van der Waals surface area contributed by atoms with Gasteiger partial charge in [-0.05, 0) is 65.8 Å². The number of aliphatic hydroxyl groups is 1. The topological polar surface area (TPSA) is 114 Å². The maximum absolute atomic E-state index is 13.1. The molecule has 1 aliphatic heterocycles. The molecular weight excluding hydrogens is 508 g/mol. The van der Waals surface area contributed by atoms with Gasteiger partial charge in [0.15, 0.2) is 9.84 Å². The molecule has 0 saturated carbocycles. The molecule has 1 saturated heterocycles. The molecule has 2 aromatic rings. The minimum Gasteiger partial charge on any atom is -0.485 e. The summed E-state index contributed by atoms with van der Waals surface area (Å²) in [5, 5.41) is 11.0. The van der Waals surface area contributed by atoms with Gasteiger partial charge in [-0.25, -0.2) is 13.2 Å². The van der Waals surface area contributed by atoms with E-state index >= 15 is 0 Å². The number of β-amino-alcohol motifs (C(OH)–C–C–N with tert-alkyl or cyclic N) is 1. The first-order valence-electron chi connectivity index (χ1n) is 13.2. The van der Waals surface area contributed by atoms with Crippen molar-refractivity contribution in [3.63, 3.8) is 0 Å². The zero-order valence-electron chi connectivity index (χ0n) is 23.5. The normalized spacial score (nSPS) is 16.3. The minimum absolute atomic E-state index is 0.0282. The van der Waals surface area contributed by atoms with E-state index in [0.29, 0.717) is 44.3 Å². The number of aromatic nitrogens is 2. The van der Waals surface area contributed by atoms with Crippen LogP contribution in [0.25, 0.3) is 0 Å². The van der Waals surface area contributed by atoms with E-state index in [-0.39, 0.29) is 34.0 Å². The standard InChI is InChI=1S/C27H42N4O6S/c1-8-38(35,36)22-11-9-21(10-12-22)37-27(6,7)23(32)18-28-13-15-29(16-14-28)24-17-25(33)31(20(4)5)26(34)30(24)19(2)3/h9-12,17,19-20,23,32H,8,13-16,18H2,1-7H3. The van der Waals surface area contributed by atoms with Crippen LogP contribution in [0.3, 0.4) is 0 Å². The summed E-state index contributed by atoms with van der Waals surface area (Å²) in [5.41, 5.74) is -1.51. The molecule has 1 atom stereocenters. The molecule has 0 aliphatic carbocycles. The first-order chi connectivity index (χ1) is 17.7. The second-order valence-corrected chi connectivity index (χ2v) is 13.2. The van der Waals surface area contributed by atoms with E-state index in [9.17, 15) is 23.1 Å². The monoisotopic (exact) mass is 550 g/mol. The molecule has 0 radical (unpaired) electrons. The Morgan fingerprint density at radius 2 is 1.50 bits per heavy atom. The van der Waals surface area contributed by atoms with Crippen molar-refractivity contribution in [2.45, 2.75) is 77.2 Å². The van der Waals surface area contributed by atoms with Crippen molar-refractivity contribution in [1.82, 2.24) is 14.0 Å². The van der Waals surface area contributed by atoms with Gasteiger partial charge in [0.05, 0.1) is 10.6 Å². The Kier molecular flexibility index (Phi) is 9.16. The summed E-state index contributed by atoms with van der Waals surface area (Å²) in [6, 6.07) is 7.49. The molecule has 0 spiro atoms. The van der Waals surface area contributed by atoms with Gasteiger partial charge in [-0.2, -0.15) is 0 Å². The van der Waals surface area contributed by atoms with Crippen LogP contribution in [0.1, 0.15) is 60.5 Å². The van der Waals surface area contributed by atoms with Crippen LogP contribution < -0.4 is 20.9 Å². The lowest BCUT2D eigenvalue weighted by Crippen LogP contribution is -2.54. The fourth-order valence-corrected chi connectivity index (χ4v) is 5.52. The highest BCUT2D eigenvalue weighted by Gasteiger charge is 2.33. The van der Waals surface area contributed by atoms with Gasteiger partial charge in [0.2, 0.25) is 0 Å². The molecule has 2 heterocycles. The SMILES string of the molecule is CCS(=O)(=O)c1ccc(OC(C)(C)C(O)CN2CCN(c3cc(=O)n(C(C)C)c(=O)n3C(C)C)CC2)cc1. The van der Waals surface area contributed by atoms with Crippen molar-refractivity contribution < 1.29 is 18.3 Å². The maximum Gasteiger partial charge on any atom is 0.333 e. The van der Waals surface area contributed by atoms with E-state index in [1.54, 1.807) is 43.5 Å². The average molecular weight is 551 g/mol. The van der Waals surface area contributed by atoms with Crippen LogP contribution >= 0.6 is 0 Å². The average Bonchev–Trinajstić information content (AvgIpc) is 2.83. The van der Waals surface area contributed by atoms with E-state index < -0.39 is 21.5 Å². The molecule has 3 rings (SSSR count). The Morgan fingerprint density at radius 3 is 2.00 bits per heavy atom. The highest BCUT2D eigenvalue weighted by molar-refractivity contribution is 7.91. The Balaban J connectivity index is 1.66. The minimum atomic E-state index is -3.29. The van der Waals surface area contributed by atoms with Gasteiger partial charge in [0.25, 0.3) is 5.56 Å². The summed E-state index contributed by atoms with van der Waals surface area (Å²) in [6.07, 6.45) is -0.808. The zero-order valence-corrected chi connectivity index (χ0v) is 24.4. The summed E-state index contributed by atoms with van der Waals surface area (Å²) in [7, 11) is -3.29. The van der Waals surface area contributed by atoms with Gasteiger partial charge in [-0.1, -0.05) is 6.92 Å². The van der Waals surface area contributed by atoms with Crippen LogP contribution in [-0.2, 0) is 9.84 Å². The molecule has 0 bridgehead atoms. The lowest BCUT2D eigenvalue weighted by Gasteiger charge is -2.40. The quantitative estimate of drug-likeness (QED) is 0.480. The summed E-state index contributed by atoms with van der Waals surface area (Å²) in [4.78, 5) is 30.2. The summed E-state index contributed by atoms with van der Waals surface area (Å²) in [5.74, 6) is 1.14. The third kappa shape index (κ3) is 6.50. The lowest BCUT2D eigenvalue weighted by atomic mass is 10.0. The Hall–Kier alpha value is -2.63. The summed E-state index contributed by atoms with van der Waals surface area (Å²) < 4.78 is 33.1. The number of sulfone groups is 1. The van der Waals surface area contributed by atoms with Gasteiger partial charge in [-0.3, -0.25) is 18.8 Å². The number of hydrogen-bond acceptors (Lipinski definition) is 8. The number of anilines is 1. The highest BCUT2D eigenvalue weighted by atomic mass is 32.2. The molecule has 10 nitrogen and oxygen atoms in total. The molecule has 1 N–H and O–H groups in total. The first-order valence-corrected chi connectivity index (χ1v) is 14.9. The number of benzene rings is 1. The van der Waals surface area contributed by atoms with Crippen molar-refractivity contribution >= 4 is 15.7 Å². The van der Waals surface area contributed by atoms with Crippen LogP contribution in [0.5, 0.6) is 5.75 Å². The molecule has 212 valence electrons. The molecule has 11 heteroatoms. The van der Waals surface area contributed by atoms with Crippen molar-refractivity contribution in [3.05, 3.63) is 51.2 Å². The number of hydrogen-bond donors (Lipinski definition) is 1. The Morgan fingerprint density at radius 1 is 0.947 bits per heavy atom. The van der Waals surface area contributed by atoms with Gasteiger partial charge in [-0.15, -0.1) is 0 Å². The predicted molar refractivity (Wildman–Crippen MR) is 149 cm³/mol. The molecule has 38 heavy (non-hydrogen) atoms. The van der Waals surface area contributed by atoms with Crippen molar-refractivity contribution in [2.24, 2.45) is 0 Å². The van der Waals surface area contributed by atoms with E-state index in [4.69, 9.17) is 4.74 Å². The highest BCUT2D eigenvalue weighted by Crippen LogP contribution is 2.25. The molecule has 1 aliphatic rings. The lowest BCUT2D eigenvalue weighted by molar-refractivity contribution is -0.0450. The fourth-order valence-electron chi connectivity index (χ4n) is 4.64. The molecule has 0 amide bonds. The molecule has 1 fully saturated rings. The van der Waals surface area contributed by atoms with E-state index in [0.717, 1.165) is 0 Å². The number of nitrogens with zero attached hydrogens (tertiary/aromatic N) is 4. The second-order valence-electron chi connectivity index (χ2n) is 10.9. The summed E-state index contributed by atoms with van der Waals surface area (Å²) in [6.45, 7) is 15.6. The number of aliphatic hydroxyl groups excluding tert-OH is 1. The predicted octanol–water partition coefficient (Wildman–Crippen LogP) is 2.31. The molecular formula is C27H42N4O6S. The van der Waals surface area contributed by atoms with Crippen molar-refractivity contribution in [2.75, 3.05) is 43.4 Å². The summed E-state index contributed by atoms with van der Waals surface area (Å²) >= 11 is 0. The van der Waals surface area contributed by atoms with E-state index in [1.807, 2.05) is 27.7 Å². The van der Waals surface area contributed by atoms with Gasteiger partial charge >= 0.3 is 5.69 Å².